The maximum absolute atomic E-state index is 12.5. The molecule has 3 heterocycles. The van der Waals surface area contributed by atoms with Gasteiger partial charge in [0, 0.05) is 12.7 Å². The molecule has 0 saturated carbocycles. The van der Waals surface area contributed by atoms with E-state index in [4.69, 9.17) is 12.2 Å². The van der Waals surface area contributed by atoms with Gasteiger partial charge in [0.2, 0.25) is 0 Å². The number of fused-ring (bicyclic) bond motifs is 1. The molecule has 112 valence electrons. The Labute approximate surface area is 128 Å². The van der Waals surface area contributed by atoms with Crippen LogP contribution >= 0.6 is 12.2 Å². The van der Waals surface area contributed by atoms with E-state index >= 15 is 0 Å². The SMILES string of the molecule is O=c1c2cccnc2[nH]c(=S)n1CCCN1CCCCC1. The molecule has 1 fully saturated rings. The predicted molar refractivity (Wildman–Crippen MR) is 86.1 cm³/mol. The standard InChI is InChI=1S/C15H20N4OS/c20-14-12-6-4-7-16-13(12)17-15(21)19(14)11-5-10-18-8-2-1-3-9-18/h4,6-7H,1-3,5,8-11H2,(H,16,17,21). The van der Waals surface area contributed by atoms with Crippen molar-refractivity contribution in [3.63, 3.8) is 0 Å². The molecule has 0 aromatic carbocycles. The van der Waals surface area contributed by atoms with Crippen molar-refractivity contribution in [1.82, 2.24) is 19.4 Å². The molecule has 1 aliphatic rings. The molecule has 2 aromatic heterocycles. The largest absolute Gasteiger partial charge is 0.316 e. The molecule has 0 unspecified atom stereocenters. The highest BCUT2D eigenvalue weighted by molar-refractivity contribution is 7.71. The van der Waals surface area contributed by atoms with E-state index in [1.54, 1.807) is 22.9 Å². The monoisotopic (exact) mass is 304 g/mol. The summed E-state index contributed by atoms with van der Waals surface area (Å²) in [7, 11) is 0. The number of H-pyrrole nitrogens is 1. The van der Waals surface area contributed by atoms with E-state index in [2.05, 4.69) is 14.9 Å². The Balaban J connectivity index is 1.74. The molecule has 21 heavy (non-hydrogen) atoms. The zero-order chi connectivity index (χ0) is 14.7. The third-order valence-corrected chi connectivity index (χ3v) is 4.38. The van der Waals surface area contributed by atoms with Gasteiger partial charge in [0.1, 0.15) is 5.65 Å². The average molecular weight is 304 g/mol. The predicted octanol–water partition coefficient (Wildman–Crippen LogP) is 2.33. The minimum Gasteiger partial charge on any atom is -0.316 e. The lowest BCUT2D eigenvalue weighted by molar-refractivity contribution is 0.222. The summed E-state index contributed by atoms with van der Waals surface area (Å²) in [5.74, 6) is 0. The van der Waals surface area contributed by atoms with Gasteiger partial charge in [0.15, 0.2) is 4.77 Å². The molecule has 5 nitrogen and oxygen atoms in total. The van der Waals surface area contributed by atoms with Gasteiger partial charge in [0.05, 0.1) is 5.39 Å². The normalized spacial score (nSPS) is 16.4. The summed E-state index contributed by atoms with van der Waals surface area (Å²) in [6.45, 7) is 4.06. The lowest BCUT2D eigenvalue weighted by Gasteiger charge is -2.26. The first-order valence-corrected chi connectivity index (χ1v) is 7.97. The van der Waals surface area contributed by atoms with Gasteiger partial charge in [-0.1, -0.05) is 6.42 Å². The molecule has 0 radical (unpaired) electrons. The fourth-order valence-corrected chi connectivity index (χ4v) is 3.19. The summed E-state index contributed by atoms with van der Waals surface area (Å²) >= 11 is 5.29. The molecule has 2 aromatic rings. The average Bonchev–Trinajstić information content (AvgIpc) is 2.51. The van der Waals surface area contributed by atoms with Crippen LogP contribution in [0.15, 0.2) is 23.1 Å². The number of nitrogens with zero attached hydrogens (tertiary/aromatic N) is 3. The van der Waals surface area contributed by atoms with Crippen molar-refractivity contribution in [3.8, 4) is 0 Å². The molecule has 0 amide bonds. The second kappa shape index (κ2) is 6.49. The molecule has 0 aliphatic carbocycles. The Kier molecular flexibility index (Phi) is 4.45. The van der Waals surface area contributed by atoms with Crippen LogP contribution in [0.5, 0.6) is 0 Å². The van der Waals surface area contributed by atoms with E-state index in [0.29, 0.717) is 22.3 Å². The van der Waals surface area contributed by atoms with Crippen LogP contribution in [-0.4, -0.2) is 39.1 Å². The first kappa shape index (κ1) is 14.4. The van der Waals surface area contributed by atoms with Crippen molar-refractivity contribution in [2.75, 3.05) is 19.6 Å². The number of hydrogen-bond acceptors (Lipinski definition) is 4. The Bertz CT molecular complexity index is 730. The smallest absolute Gasteiger partial charge is 0.263 e. The van der Waals surface area contributed by atoms with Crippen molar-refractivity contribution in [2.24, 2.45) is 0 Å². The van der Waals surface area contributed by atoms with Gasteiger partial charge >= 0.3 is 0 Å². The minimum absolute atomic E-state index is 0.0412. The molecular weight excluding hydrogens is 284 g/mol. The second-order valence-corrected chi connectivity index (χ2v) is 5.93. The summed E-state index contributed by atoms with van der Waals surface area (Å²) in [5.41, 5.74) is 0.528. The molecule has 1 N–H and O–H groups in total. The molecule has 6 heteroatoms. The Hall–Kier alpha value is -1.53. The lowest BCUT2D eigenvalue weighted by atomic mass is 10.1. The third kappa shape index (κ3) is 3.22. The van der Waals surface area contributed by atoms with Gasteiger partial charge in [-0.05, 0) is 63.2 Å². The van der Waals surface area contributed by atoms with E-state index < -0.39 is 0 Å². The third-order valence-electron chi connectivity index (χ3n) is 4.06. The number of piperidine rings is 1. The second-order valence-electron chi connectivity index (χ2n) is 5.54. The highest BCUT2D eigenvalue weighted by Crippen LogP contribution is 2.09. The van der Waals surface area contributed by atoms with Crippen LogP contribution < -0.4 is 5.56 Å². The lowest BCUT2D eigenvalue weighted by Crippen LogP contribution is -2.32. The molecule has 0 atom stereocenters. The summed E-state index contributed by atoms with van der Waals surface area (Å²) < 4.78 is 2.12. The minimum atomic E-state index is -0.0412. The quantitative estimate of drug-likeness (QED) is 0.881. The summed E-state index contributed by atoms with van der Waals surface area (Å²) in [6.07, 6.45) is 6.54. The number of likely N-dealkylation sites (tertiary alicyclic amines) is 1. The molecule has 0 spiro atoms. The summed E-state index contributed by atoms with van der Waals surface area (Å²) in [4.78, 5) is 22.1. The first-order chi connectivity index (χ1) is 10.3. The van der Waals surface area contributed by atoms with Gasteiger partial charge in [-0.3, -0.25) is 9.36 Å². The van der Waals surface area contributed by atoms with Gasteiger partial charge < -0.3 is 9.88 Å². The van der Waals surface area contributed by atoms with Crippen molar-refractivity contribution >= 4 is 23.3 Å². The van der Waals surface area contributed by atoms with E-state index in [1.165, 1.54) is 32.4 Å². The van der Waals surface area contributed by atoms with Crippen LogP contribution in [0.1, 0.15) is 25.7 Å². The number of rotatable bonds is 4. The highest BCUT2D eigenvalue weighted by atomic mass is 32.1. The zero-order valence-electron chi connectivity index (χ0n) is 12.0. The maximum Gasteiger partial charge on any atom is 0.263 e. The van der Waals surface area contributed by atoms with Crippen molar-refractivity contribution in [2.45, 2.75) is 32.2 Å². The number of nitrogens with one attached hydrogen (secondary N) is 1. The van der Waals surface area contributed by atoms with Crippen LogP contribution in [0.3, 0.4) is 0 Å². The number of aromatic amines is 1. The number of pyridine rings is 1. The van der Waals surface area contributed by atoms with Gasteiger partial charge in [-0.15, -0.1) is 0 Å². The van der Waals surface area contributed by atoms with Crippen LogP contribution in [0.2, 0.25) is 0 Å². The molecule has 1 aliphatic heterocycles. The number of aromatic nitrogens is 3. The molecular formula is C15H20N4OS. The highest BCUT2D eigenvalue weighted by Gasteiger charge is 2.10. The fraction of sp³-hybridized carbons (Fsp3) is 0.533. The van der Waals surface area contributed by atoms with Crippen molar-refractivity contribution < 1.29 is 0 Å². The first-order valence-electron chi connectivity index (χ1n) is 7.56. The molecule has 3 rings (SSSR count). The van der Waals surface area contributed by atoms with E-state index in [0.717, 1.165) is 13.0 Å². The molecule has 1 saturated heterocycles. The van der Waals surface area contributed by atoms with Crippen LogP contribution in [0.25, 0.3) is 11.0 Å². The molecule has 0 bridgehead atoms. The summed E-state index contributed by atoms with van der Waals surface area (Å²) in [5, 5.41) is 0.601. The van der Waals surface area contributed by atoms with Crippen molar-refractivity contribution in [3.05, 3.63) is 33.5 Å². The van der Waals surface area contributed by atoms with E-state index in [-0.39, 0.29) is 5.56 Å². The fourth-order valence-electron chi connectivity index (χ4n) is 2.92. The Morgan fingerprint density at radius 3 is 2.86 bits per heavy atom. The number of hydrogen-bond donors (Lipinski definition) is 1. The Morgan fingerprint density at radius 1 is 1.24 bits per heavy atom. The maximum atomic E-state index is 12.5. The van der Waals surface area contributed by atoms with Crippen LogP contribution in [0, 0.1) is 4.77 Å². The van der Waals surface area contributed by atoms with Gasteiger partial charge in [0.25, 0.3) is 5.56 Å². The Morgan fingerprint density at radius 2 is 2.05 bits per heavy atom. The summed E-state index contributed by atoms with van der Waals surface area (Å²) in [6, 6.07) is 3.57. The topological polar surface area (TPSA) is 53.9 Å². The van der Waals surface area contributed by atoms with Gasteiger partial charge in [-0.25, -0.2) is 4.98 Å². The van der Waals surface area contributed by atoms with E-state index in [9.17, 15) is 4.79 Å². The van der Waals surface area contributed by atoms with Gasteiger partial charge in [-0.2, -0.15) is 0 Å². The van der Waals surface area contributed by atoms with Crippen molar-refractivity contribution in [1.29, 1.82) is 0 Å². The van der Waals surface area contributed by atoms with E-state index in [1.807, 2.05) is 0 Å². The zero-order valence-corrected chi connectivity index (χ0v) is 12.9. The van der Waals surface area contributed by atoms with Crippen LogP contribution in [-0.2, 0) is 6.54 Å². The van der Waals surface area contributed by atoms with Crippen LogP contribution in [0.4, 0.5) is 0 Å².